The number of amides is 1. The highest BCUT2D eigenvalue weighted by molar-refractivity contribution is 5.94. The Hall–Kier alpha value is -1.35. The second kappa shape index (κ2) is 8.18. The van der Waals surface area contributed by atoms with Crippen molar-refractivity contribution in [3.05, 3.63) is 35.4 Å². The first-order valence-corrected chi connectivity index (χ1v) is 8.29. The molecule has 0 unspecified atom stereocenters. The predicted octanol–water partition coefficient (Wildman–Crippen LogP) is 3.38. The van der Waals surface area contributed by atoms with Gasteiger partial charge in [0.15, 0.2) is 0 Å². The summed E-state index contributed by atoms with van der Waals surface area (Å²) in [5.41, 5.74) is 1.94. The third-order valence-electron chi connectivity index (χ3n) is 4.44. The molecule has 1 amide bonds. The molecular weight excluding hydrogens is 260 g/mol. The van der Waals surface area contributed by atoms with Gasteiger partial charge < -0.3 is 10.2 Å². The Morgan fingerprint density at radius 3 is 2.76 bits per heavy atom. The van der Waals surface area contributed by atoms with Crippen molar-refractivity contribution in [3.63, 3.8) is 0 Å². The molecule has 1 saturated heterocycles. The van der Waals surface area contributed by atoms with Crippen LogP contribution in [0.15, 0.2) is 24.3 Å². The summed E-state index contributed by atoms with van der Waals surface area (Å²) < 4.78 is 0. The van der Waals surface area contributed by atoms with Crippen LogP contribution < -0.4 is 5.32 Å². The summed E-state index contributed by atoms with van der Waals surface area (Å²) >= 11 is 0. The molecule has 116 valence electrons. The van der Waals surface area contributed by atoms with Gasteiger partial charge in [-0.05, 0) is 51.3 Å². The number of piperidine rings is 1. The normalized spacial score (nSPS) is 19.4. The van der Waals surface area contributed by atoms with Crippen molar-refractivity contribution in [2.45, 2.75) is 52.0 Å². The lowest BCUT2D eigenvalue weighted by molar-refractivity contribution is 0.0947. The summed E-state index contributed by atoms with van der Waals surface area (Å²) in [6.07, 6.45) is 6.32. The minimum Gasteiger partial charge on any atom is -0.352 e. The van der Waals surface area contributed by atoms with Gasteiger partial charge in [0.25, 0.3) is 5.91 Å². The van der Waals surface area contributed by atoms with Crippen molar-refractivity contribution in [3.8, 4) is 0 Å². The zero-order chi connectivity index (χ0) is 15.1. The number of carbonyl (C=O) groups excluding carboxylic acids is 1. The number of aryl methyl sites for hydroxylation is 1. The average molecular weight is 288 g/mol. The highest BCUT2D eigenvalue weighted by Crippen LogP contribution is 2.19. The Bertz CT molecular complexity index is 441. The minimum atomic E-state index is 0.0423. The molecule has 2 rings (SSSR count). The van der Waals surface area contributed by atoms with Crippen LogP contribution in [0.3, 0.4) is 0 Å². The molecule has 1 aromatic rings. The van der Waals surface area contributed by atoms with E-state index in [2.05, 4.69) is 17.1 Å². The minimum absolute atomic E-state index is 0.0423. The maximum atomic E-state index is 12.0. The lowest BCUT2D eigenvalue weighted by Gasteiger charge is -2.35. The molecule has 21 heavy (non-hydrogen) atoms. The average Bonchev–Trinajstić information content (AvgIpc) is 2.52. The van der Waals surface area contributed by atoms with E-state index >= 15 is 0 Å². The zero-order valence-corrected chi connectivity index (χ0v) is 13.4. The van der Waals surface area contributed by atoms with E-state index in [1.165, 1.54) is 37.8 Å². The van der Waals surface area contributed by atoms with Crippen LogP contribution in [-0.4, -0.2) is 36.5 Å². The Kier molecular flexibility index (Phi) is 6.24. The molecule has 0 bridgehead atoms. The Morgan fingerprint density at radius 1 is 1.29 bits per heavy atom. The molecule has 0 radical (unpaired) electrons. The number of hydrogen-bond donors (Lipinski definition) is 1. The number of benzene rings is 1. The molecule has 0 spiro atoms. The quantitative estimate of drug-likeness (QED) is 0.814. The maximum Gasteiger partial charge on any atom is 0.251 e. The Morgan fingerprint density at radius 2 is 2.05 bits per heavy atom. The van der Waals surface area contributed by atoms with Crippen LogP contribution >= 0.6 is 0 Å². The number of nitrogens with one attached hydrogen (secondary N) is 1. The number of nitrogens with zero attached hydrogens (tertiary/aromatic N) is 1. The first-order valence-electron chi connectivity index (χ1n) is 8.29. The molecule has 0 aromatic heterocycles. The highest BCUT2D eigenvalue weighted by Gasteiger charge is 2.19. The molecule has 1 atom stereocenters. The van der Waals surface area contributed by atoms with Crippen LogP contribution in [-0.2, 0) is 0 Å². The molecule has 1 aliphatic rings. The lowest BCUT2D eigenvalue weighted by Crippen LogP contribution is -2.40. The second-order valence-electron chi connectivity index (χ2n) is 6.07. The van der Waals surface area contributed by atoms with Gasteiger partial charge in [0.2, 0.25) is 0 Å². The summed E-state index contributed by atoms with van der Waals surface area (Å²) in [4.78, 5) is 14.6. The Labute approximate surface area is 128 Å². The third kappa shape index (κ3) is 4.85. The lowest BCUT2D eigenvalue weighted by atomic mass is 10.00. The summed E-state index contributed by atoms with van der Waals surface area (Å²) in [5, 5.41) is 3.03. The smallest absolute Gasteiger partial charge is 0.251 e. The fourth-order valence-electron chi connectivity index (χ4n) is 3.11. The molecule has 1 N–H and O–H groups in total. The van der Waals surface area contributed by atoms with Crippen LogP contribution in [0.2, 0.25) is 0 Å². The van der Waals surface area contributed by atoms with Crippen molar-refractivity contribution < 1.29 is 4.79 Å². The van der Waals surface area contributed by atoms with E-state index in [4.69, 9.17) is 0 Å². The van der Waals surface area contributed by atoms with Gasteiger partial charge in [0.05, 0.1) is 0 Å². The largest absolute Gasteiger partial charge is 0.352 e. The van der Waals surface area contributed by atoms with Gasteiger partial charge in [-0.2, -0.15) is 0 Å². The molecular formula is C18H28N2O. The SMILES string of the molecule is CC[C@@H]1CCCCN1CCCNC(=O)c1ccc(C)cc1. The van der Waals surface area contributed by atoms with E-state index in [1.54, 1.807) is 0 Å². The fourth-order valence-corrected chi connectivity index (χ4v) is 3.11. The van der Waals surface area contributed by atoms with Crippen LogP contribution in [0.1, 0.15) is 54.9 Å². The third-order valence-corrected chi connectivity index (χ3v) is 4.44. The van der Waals surface area contributed by atoms with E-state index in [9.17, 15) is 4.79 Å². The number of hydrogen-bond acceptors (Lipinski definition) is 2. The molecule has 1 aliphatic heterocycles. The van der Waals surface area contributed by atoms with E-state index in [-0.39, 0.29) is 5.91 Å². The van der Waals surface area contributed by atoms with Crippen LogP contribution in [0.25, 0.3) is 0 Å². The van der Waals surface area contributed by atoms with Crippen LogP contribution in [0.4, 0.5) is 0 Å². The summed E-state index contributed by atoms with van der Waals surface area (Å²) in [6, 6.07) is 8.50. The Balaban J connectivity index is 1.69. The first-order chi connectivity index (χ1) is 10.2. The van der Waals surface area contributed by atoms with E-state index in [1.807, 2.05) is 31.2 Å². The highest BCUT2D eigenvalue weighted by atomic mass is 16.1. The van der Waals surface area contributed by atoms with Crippen molar-refractivity contribution >= 4 is 5.91 Å². The number of likely N-dealkylation sites (tertiary alicyclic amines) is 1. The zero-order valence-electron chi connectivity index (χ0n) is 13.4. The molecule has 0 aliphatic carbocycles. The topological polar surface area (TPSA) is 32.3 Å². The van der Waals surface area contributed by atoms with Gasteiger partial charge in [0.1, 0.15) is 0 Å². The van der Waals surface area contributed by atoms with Gasteiger partial charge in [-0.15, -0.1) is 0 Å². The standard InChI is InChI=1S/C18H28N2O/c1-3-17-7-4-5-13-20(17)14-6-12-19-18(21)16-10-8-15(2)9-11-16/h8-11,17H,3-7,12-14H2,1-2H3,(H,19,21)/t17-/m1/s1. The van der Waals surface area contributed by atoms with E-state index in [0.717, 1.165) is 31.1 Å². The summed E-state index contributed by atoms with van der Waals surface area (Å²) in [5.74, 6) is 0.0423. The van der Waals surface area contributed by atoms with Crippen molar-refractivity contribution in [2.75, 3.05) is 19.6 Å². The van der Waals surface area contributed by atoms with Gasteiger partial charge in [0, 0.05) is 24.7 Å². The maximum absolute atomic E-state index is 12.0. The molecule has 1 aromatic carbocycles. The van der Waals surface area contributed by atoms with Crippen LogP contribution in [0.5, 0.6) is 0 Å². The van der Waals surface area contributed by atoms with Gasteiger partial charge in [-0.25, -0.2) is 0 Å². The van der Waals surface area contributed by atoms with Crippen molar-refractivity contribution in [1.29, 1.82) is 0 Å². The van der Waals surface area contributed by atoms with E-state index < -0.39 is 0 Å². The van der Waals surface area contributed by atoms with E-state index in [0.29, 0.717) is 0 Å². The second-order valence-corrected chi connectivity index (χ2v) is 6.07. The van der Waals surface area contributed by atoms with Crippen molar-refractivity contribution in [1.82, 2.24) is 10.2 Å². The molecule has 3 heteroatoms. The number of rotatable bonds is 6. The monoisotopic (exact) mass is 288 g/mol. The van der Waals surface area contributed by atoms with Gasteiger partial charge in [-0.3, -0.25) is 4.79 Å². The summed E-state index contributed by atoms with van der Waals surface area (Å²) in [7, 11) is 0. The number of carbonyl (C=O) groups is 1. The molecule has 1 fully saturated rings. The van der Waals surface area contributed by atoms with Gasteiger partial charge in [-0.1, -0.05) is 31.0 Å². The predicted molar refractivity (Wildman–Crippen MR) is 87.6 cm³/mol. The first kappa shape index (κ1) is 16.0. The van der Waals surface area contributed by atoms with Crippen LogP contribution in [0, 0.1) is 6.92 Å². The molecule has 3 nitrogen and oxygen atoms in total. The molecule has 1 heterocycles. The fraction of sp³-hybridized carbons (Fsp3) is 0.611. The van der Waals surface area contributed by atoms with Gasteiger partial charge >= 0.3 is 0 Å². The van der Waals surface area contributed by atoms with Crippen molar-refractivity contribution in [2.24, 2.45) is 0 Å². The summed E-state index contributed by atoms with van der Waals surface area (Å²) in [6.45, 7) is 7.41. The molecule has 0 saturated carbocycles.